The highest BCUT2D eigenvalue weighted by atomic mass is 35.5. The predicted molar refractivity (Wildman–Crippen MR) is 122 cm³/mol. The van der Waals surface area contributed by atoms with E-state index in [1.54, 1.807) is 48.5 Å². The van der Waals surface area contributed by atoms with E-state index in [9.17, 15) is 13.2 Å². The van der Waals surface area contributed by atoms with Crippen LogP contribution >= 0.6 is 23.2 Å². The van der Waals surface area contributed by atoms with Crippen LogP contribution in [0.3, 0.4) is 0 Å². The molecule has 3 aromatic rings. The number of benzene rings is 3. The van der Waals surface area contributed by atoms with E-state index < -0.39 is 22.5 Å². The summed E-state index contributed by atoms with van der Waals surface area (Å²) < 4.78 is 27.7. The second-order valence-electron chi connectivity index (χ2n) is 6.82. The first-order chi connectivity index (χ1) is 14.2. The lowest BCUT2D eigenvalue weighted by atomic mass is 10.2. The fourth-order valence-corrected chi connectivity index (χ4v) is 4.56. The van der Waals surface area contributed by atoms with Crippen LogP contribution in [0.25, 0.3) is 0 Å². The number of nitrogens with one attached hydrogen (secondary N) is 1. The zero-order valence-corrected chi connectivity index (χ0v) is 18.7. The van der Waals surface area contributed by atoms with Gasteiger partial charge in [-0.05, 0) is 61.9 Å². The number of anilines is 2. The Hall–Kier alpha value is -2.54. The van der Waals surface area contributed by atoms with Crippen LogP contribution in [0.4, 0.5) is 11.4 Å². The number of aryl methyl sites for hydroxylation is 2. The molecule has 8 heteroatoms. The van der Waals surface area contributed by atoms with Crippen molar-refractivity contribution in [3.05, 3.63) is 87.9 Å². The SMILES string of the molecule is Cc1ccc(S(=O)(=O)N(CC(=O)Nc2ccc(C)c(Cl)c2)c2cccc(Cl)c2)cc1. The van der Waals surface area contributed by atoms with Gasteiger partial charge in [0.25, 0.3) is 10.0 Å². The van der Waals surface area contributed by atoms with Gasteiger partial charge in [-0.2, -0.15) is 0 Å². The summed E-state index contributed by atoms with van der Waals surface area (Å²) in [4.78, 5) is 12.8. The first-order valence-corrected chi connectivity index (χ1v) is 11.3. The molecule has 0 aliphatic heterocycles. The van der Waals surface area contributed by atoms with E-state index in [-0.39, 0.29) is 4.90 Å². The molecular formula is C22H20Cl2N2O3S. The largest absolute Gasteiger partial charge is 0.324 e. The number of carbonyl (C=O) groups is 1. The summed E-state index contributed by atoms with van der Waals surface area (Å²) in [6.45, 7) is 3.29. The van der Waals surface area contributed by atoms with E-state index in [1.165, 1.54) is 18.2 Å². The van der Waals surface area contributed by atoms with Gasteiger partial charge in [-0.1, -0.05) is 53.0 Å². The Labute approximate surface area is 186 Å². The van der Waals surface area contributed by atoms with Crippen LogP contribution in [0.2, 0.25) is 10.0 Å². The highest BCUT2D eigenvalue weighted by Crippen LogP contribution is 2.27. The molecule has 156 valence electrons. The van der Waals surface area contributed by atoms with Gasteiger partial charge in [0.1, 0.15) is 6.54 Å². The summed E-state index contributed by atoms with van der Waals surface area (Å²) in [6, 6.07) is 17.9. The van der Waals surface area contributed by atoms with E-state index in [0.29, 0.717) is 21.4 Å². The average Bonchev–Trinajstić information content (AvgIpc) is 2.69. The smallest absolute Gasteiger partial charge is 0.264 e. The Morgan fingerprint density at radius 1 is 0.967 bits per heavy atom. The van der Waals surface area contributed by atoms with E-state index >= 15 is 0 Å². The number of amides is 1. The Balaban J connectivity index is 1.94. The van der Waals surface area contributed by atoms with Crippen LogP contribution in [0.5, 0.6) is 0 Å². The van der Waals surface area contributed by atoms with Gasteiger partial charge in [-0.3, -0.25) is 9.10 Å². The van der Waals surface area contributed by atoms with Crippen LogP contribution in [0.1, 0.15) is 11.1 Å². The van der Waals surface area contributed by atoms with Crippen molar-refractivity contribution in [2.24, 2.45) is 0 Å². The summed E-state index contributed by atoms with van der Waals surface area (Å²) in [5, 5.41) is 3.56. The molecule has 0 atom stereocenters. The fraction of sp³-hybridized carbons (Fsp3) is 0.136. The molecule has 0 aliphatic rings. The summed E-state index contributed by atoms with van der Waals surface area (Å²) in [6.07, 6.45) is 0. The van der Waals surface area contributed by atoms with Gasteiger partial charge < -0.3 is 5.32 Å². The summed E-state index contributed by atoms with van der Waals surface area (Å²) in [5.41, 5.74) is 2.57. The first-order valence-electron chi connectivity index (χ1n) is 9.08. The molecule has 30 heavy (non-hydrogen) atoms. The molecule has 0 unspecified atom stereocenters. The third-order valence-corrected chi connectivity index (χ3v) is 6.88. The van der Waals surface area contributed by atoms with Crippen molar-refractivity contribution in [2.75, 3.05) is 16.2 Å². The molecule has 0 saturated heterocycles. The van der Waals surface area contributed by atoms with Gasteiger partial charge in [0.2, 0.25) is 5.91 Å². The average molecular weight is 463 g/mol. The van der Waals surface area contributed by atoms with Crippen molar-refractivity contribution in [3.63, 3.8) is 0 Å². The Morgan fingerprint density at radius 2 is 1.67 bits per heavy atom. The number of sulfonamides is 1. The van der Waals surface area contributed by atoms with E-state index in [4.69, 9.17) is 23.2 Å². The molecule has 0 radical (unpaired) electrons. The minimum Gasteiger partial charge on any atom is -0.324 e. The van der Waals surface area contributed by atoms with Gasteiger partial charge in [-0.25, -0.2) is 8.42 Å². The second-order valence-corrected chi connectivity index (χ2v) is 9.52. The van der Waals surface area contributed by atoms with Gasteiger partial charge in [0.05, 0.1) is 10.6 Å². The third-order valence-electron chi connectivity index (χ3n) is 4.45. The molecular weight excluding hydrogens is 443 g/mol. The number of hydrogen-bond acceptors (Lipinski definition) is 3. The molecule has 0 bridgehead atoms. The van der Waals surface area contributed by atoms with E-state index in [2.05, 4.69) is 5.32 Å². The Bertz CT molecular complexity index is 1180. The maximum Gasteiger partial charge on any atom is 0.264 e. The molecule has 0 saturated carbocycles. The van der Waals surface area contributed by atoms with Gasteiger partial charge in [0, 0.05) is 15.7 Å². The summed E-state index contributed by atoms with van der Waals surface area (Å²) in [5.74, 6) is -0.509. The molecule has 5 nitrogen and oxygen atoms in total. The van der Waals surface area contributed by atoms with Crippen LogP contribution in [-0.4, -0.2) is 20.9 Å². The monoisotopic (exact) mass is 462 g/mol. The lowest BCUT2D eigenvalue weighted by Crippen LogP contribution is -2.38. The van der Waals surface area contributed by atoms with E-state index in [0.717, 1.165) is 15.4 Å². The van der Waals surface area contributed by atoms with Gasteiger partial charge >= 0.3 is 0 Å². The number of carbonyl (C=O) groups excluding carboxylic acids is 1. The predicted octanol–water partition coefficient (Wildman–Crippen LogP) is 5.44. The number of halogens is 2. The van der Waals surface area contributed by atoms with Gasteiger partial charge in [-0.15, -0.1) is 0 Å². The number of hydrogen-bond donors (Lipinski definition) is 1. The third kappa shape index (κ3) is 5.14. The molecule has 1 amide bonds. The molecule has 0 spiro atoms. The maximum absolute atomic E-state index is 13.3. The molecule has 0 fully saturated rings. The fourth-order valence-electron chi connectivity index (χ4n) is 2.79. The molecule has 1 N–H and O–H groups in total. The van der Waals surface area contributed by atoms with Crippen LogP contribution in [0.15, 0.2) is 71.6 Å². The van der Waals surface area contributed by atoms with E-state index in [1.807, 2.05) is 13.8 Å². The highest BCUT2D eigenvalue weighted by molar-refractivity contribution is 7.92. The maximum atomic E-state index is 13.3. The topological polar surface area (TPSA) is 66.5 Å². The highest BCUT2D eigenvalue weighted by Gasteiger charge is 2.27. The second kappa shape index (κ2) is 9.08. The molecule has 3 rings (SSSR count). The quantitative estimate of drug-likeness (QED) is 0.529. The van der Waals surface area contributed by atoms with Crippen LogP contribution < -0.4 is 9.62 Å². The standard InChI is InChI=1S/C22H20Cl2N2O3S/c1-15-6-10-20(11-7-15)30(28,29)26(19-5-3-4-17(23)12-19)14-22(27)25-18-9-8-16(2)21(24)13-18/h3-13H,14H2,1-2H3,(H,25,27). The van der Waals surface area contributed by atoms with Crippen molar-refractivity contribution >= 4 is 50.5 Å². The normalized spacial score (nSPS) is 11.2. The zero-order chi connectivity index (χ0) is 21.9. The van der Waals surface area contributed by atoms with Crippen molar-refractivity contribution in [1.29, 1.82) is 0 Å². The minimum absolute atomic E-state index is 0.0826. The lowest BCUT2D eigenvalue weighted by molar-refractivity contribution is -0.114. The molecule has 0 aliphatic carbocycles. The van der Waals surface area contributed by atoms with Crippen molar-refractivity contribution in [3.8, 4) is 0 Å². The Morgan fingerprint density at radius 3 is 2.30 bits per heavy atom. The minimum atomic E-state index is -4.00. The van der Waals surface area contributed by atoms with Crippen molar-refractivity contribution < 1.29 is 13.2 Å². The summed E-state index contributed by atoms with van der Waals surface area (Å²) in [7, 11) is -4.00. The summed E-state index contributed by atoms with van der Waals surface area (Å²) >= 11 is 12.2. The number of rotatable bonds is 6. The lowest BCUT2D eigenvalue weighted by Gasteiger charge is -2.24. The van der Waals surface area contributed by atoms with Crippen molar-refractivity contribution in [1.82, 2.24) is 0 Å². The first kappa shape index (κ1) is 22.2. The van der Waals surface area contributed by atoms with Crippen molar-refractivity contribution in [2.45, 2.75) is 18.7 Å². The zero-order valence-electron chi connectivity index (χ0n) is 16.4. The molecule has 0 heterocycles. The van der Waals surface area contributed by atoms with Crippen LogP contribution in [0, 0.1) is 13.8 Å². The van der Waals surface area contributed by atoms with Crippen LogP contribution in [-0.2, 0) is 14.8 Å². The Kier molecular flexibility index (Phi) is 6.71. The van der Waals surface area contributed by atoms with Gasteiger partial charge in [0.15, 0.2) is 0 Å². The molecule has 3 aromatic carbocycles. The number of nitrogens with zero attached hydrogens (tertiary/aromatic N) is 1. The molecule has 0 aromatic heterocycles.